The van der Waals surface area contributed by atoms with Crippen LogP contribution in [0.5, 0.6) is 0 Å². The summed E-state index contributed by atoms with van der Waals surface area (Å²) in [6.45, 7) is 16.1. The summed E-state index contributed by atoms with van der Waals surface area (Å²) in [4.78, 5) is 96.3. The Bertz CT molecular complexity index is 3340. The molecule has 0 unspecified atom stereocenters. The van der Waals surface area contributed by atoms with Crippen LogP contribution in [0, 0.1) is 17.8 Å². The van der Waals surface area contributed by atoms with Gasteiger partial charge in [-0.05, 0) is 99.1 Å². The number of hydrogen-bond donors (Lipinski definition) is 2. The number of carbonyl (C=O) groups is 2. The molecule has 1 aliphatic carbocycles. The number of rotatable bonds is 15. The SMILES string of the molecule is C=CC1=C(C)C2=NC1=CC1=NC(=CC3=C(C)C4=C(O)[C@@H](C(=O)OCCCn5c(=O)c6cc7c(=O)n(CCCCCC)c(=O)c7cc6c5=O)C(=C5NC(=C2)[C@@H](C)[C@@H]5CCC(=O)OC)C4=N3)C(CC)=C1C. The lowest BCUT2D eigenvalue weighted by molar-refractivity contribution is -0.146. The molecule has 1 fully saturated rings. The van der Waals surface area contributed by atoms with Gasteiger partial charge in [0.05, 0.1) is 69.5 Å². The van der Waals surface area contributed by atoms with Crippen LogP contribution in [-0.2, 0) is 32.2 Å². The summed E-state index contributed by atoms with van der Waals surface area (Å²) in [6.07, 6.45) is 12.4. The lowest BCUT2D eigenvalue weighted by Gasteiger charge is -2.20. The predicted molar refractivity (Wildman–Crippen MR) is 267 cm³/mol. The Labute approximate surface area is 398 Å². The van der Waals surface area contributed by atoms with Crippen molar-refractivity contribution in [3.63, 3.8) is 0 Å². The van der Waals surface area contributed by atoms with Crippen molar-refractivity contribution in [2.75, 3.05) is 13.7 Å². The maximum Gasteiger partial charge on any atom is 0.321 e. The second-order valence-electron chi connectivity index (χ2n) is 18.5. The number of carbonyl (C=O) groups excluding carboxylic acids is 2. The van der Waals surface area contributed by atoms with Gasteiger partial charge in [-0.1, -0.05) is 52.7 Å². The fourth-order valence-corrected chi connectivity index (χ4v) is 10.7. The van der Waals surface area contributed by atoms with E-state index in [1.807, 2.05) is 45.9 Å². The van der Waals surface area contributed by atoms with Crippen molar-refractivity contribution in [3.05, 3.63) is 158 Å². The lowest BCUT2D eigenvalue weighted by Crippen LogP contribution is -2.28. The highest BCUT2D eigenvalue weighted by molar-refractivity contribution is 6.24. The zero-order chi connectivity index (χ0) is 49.2. The molecule has 69 heavy (non-hydrogen) atoms. The molecule has 2 N–H and O–H groups in total. The first-order valence-corrected chi connectivity index (χ1v) is 23.9. The summed E-state index contributed by atoms with van der Waals surface area (Å²) < 4.78 is 13.2. The third-order valence-electron chi connectivity index (χ3n) is 14.6. The Morgan fingerprint density at radius 2 is 1.43 bits per heavy atom. The maximum absolute atomic E-state index is 14.5. The van der Waals surface area contributed by atoms with Crippen LogP contribution < -0.4 is 27.6 Å². The topological polar surface area (TPSA) is 200 Å². The van der Waals surface area contributed by atoms with Crippen molar-refractivity contribution in [1.29, 1.82) is 0 Å². The molecule has 8 bridgehead atoms. The molecule has 0 radical (unpaired) electrons. The predicted octanol–water partition coefficient (Wildman–Crippen LogP) is 7.46. The lowest BCUT2D eigenvalue weighted by atomic mass is 9.84. The molecular formula is C54H56N6O9. The van der Waals surface area contributed by atoms with Gasteiger partial charge in [0.1, 0.15) is 11.7 Å². The minimum absolute atomic E-state index is 0.0429. The van der Waals surface area contributed by atoms with E-state index < -0.39 is 40.1 Å². The van der Waals surface area contributed by atoms with Gasteiger partial charge in [-0.3, -0.25) is 37.9 Å². The third-order valence-corrected chi connectivity index (χ3v) is 14.6. The normalized spacial score (nSPS) is 20.8. The zero-order valence-corrected chi connectivity index (χ0v) is 40.1. The summed E-state index contributed by atoms with van der Waals surface area (Å²) in [7, 11) is 1.34. The van der Waals surface area contributed by atoms with Crippen molar-refractivity contribution in [2.24, 2.45) is 32.7 Å². The van der Waals surface area contributed by atoms with Gasteiger partial charge in [-0.2, -0.15) is 0 Å². The molecule has 7 heterocycles. The Hall–Kier alpha value is -7.29. The van der Waals surface area contributed by atoms with Crippen LogP contribution in [0.2, 0.25) is 0 Å². The van der Waals surface area contributed by atoms with Crippen molar-refractivity contribution in [2.45, 2.75) is 106 Å². The molecule has 1 saturated heterocycles. The number of ether oxygens (including phenoxy) is 2. The number of allylic oxidation sites excluding steroid dienone is 11. The minimum Gasteiger partial charge on any atom is -0.510 e. The van der Waals surface area contributed by atoms with Gasteiger partial charge < -0.3 is 19.9 Å². The first-order chi connectivity index (χ1) is 33.1. The number of unbranched alkanes of at least 4 members (excludes halogenated alkanes) is 3. The quantitative estimate of drug-likeness (QED) is 0.114. The summed E-state index contributed by atoms with van der Waals surface area (Å²) in [5.74, 6) is -3.27. The van der Waals surface area contributed by atoms with Gasteiger partial charge in [0.2, 0.25) is 0 Å². The molecule has 0 saturated carbocycles. The van der Waals surface area contributed by atoms with Crippen molar-refractivity contribution in [3.8, 4) is 0 Å². The Kier molecular flexibility index (Phi) is 12.4. The number of benzene rings is 1. The monoisotopic (exact) mass is 932 g/mol. The van der Waals surface area contributed by atoms with E-state index in [-0.39, 0.29) is 71.7 Å². The largest absolute Gasteiger partial charge is 0.510 e. The van der Waals surface area contributed by atoms with Crippen LogP contribution in [-0.4, -0.2) is 57.0 Å². The number of aliphatic imine (C=N–C) groups is 3. The zero-order valence-electron chi connectivity index (χ0n) is 40.1. The van der Waals surface area contributed by atoms with Gasteiger partial charge in [-0.25, -0.2) is 15.0 Å². The van der Waals surface area contributed by atoms with Gasteiger partial charge in [-0.15, -0.1) is 0 Å². The van der Waals surface area contributed by atoms with E-state index in [4.69, 9.17) is 24.5 Å². The van der Waals surface area contributed by atoms with E-state index in [0.717, 1.165) is 68.9 Å². The van der Waals surface area contributed by atoms with Crippen LogP contribution in [0.15, 0.2) is 150 Å². The van der Waals surface area contributed by atoms with E-state index in [1.54, 1.807) is 6.08 Å². The fourth-order valence-electron chi connectivity index (χ4n) is 10.7. The third kappa shape index (κ3) is 7.71. The highest BCUT2D eigenvalue weighted by Crippen LogP contribution is 2.49. The molecule has 3 atom stereocenters. The molecule has 9 rings (SSSR count). The molecule has 0 spiro atoms. The number of nitrogens with zero attached hydrogens (tertiary/aromatic N) is 5. The van der Waals surface area contributed by atoms with Crippen LogP contribution in [0.1, 0.15) is 92.9 Å². The van der Waals surface area contributed by atoms with Gasteiger partial charge >= 0.3 is 11.9 Å². The molecule has 3 aromatic rings. The number of methoxy groups -OCH3 is 1. The van der Waals surface area contributed by atoms with Crippen LogP contribution in [0.3, 0.4) is 0 Å². The number of aliphatic hydroxyl groups is 1. The molecule has 356 valence electrons. The van der Waals surface area contributed by atoms with Crippen molar-refractivity contribution >= 4 is 50.6 Å². The highest BCUT2D eigenvalue weighted by atomic mass is 16.5. The highest BCUT2D eigenvalue weighted by Gasteiger charge is 2.49. The Balaban J connectivity index is 1.07. The van der Waals surface area contributed by atoms with Crippen LogP contribution in [0.4, 0.5) is 0 Å². The molecule has 2 aromatic heterocycles. The smallest absolute Gasteiger partial charge is 0.321 e. The average Bonchev–Trinajstić information content (AvgIpc) is 4.16. The number of aromatic nitrogens is 2. The summed E-state index contributed by atoms with van der Waals surface area (Å²) in [5.41, 5.74) is 8.48. The molecule has 15 nitrogen and oxygen atoms in total. The van der Waals surface area contributed by atoms with Gasteiger partial charge in [0.15, 0.2) is 0 Å². The summed E-state index contributed by atoms with van der Waals surface area (Å²) >= 11 is 0. The van der Waals surface area contributed by atoms with Crippen LogP contribution in [0.25, 0.3) is 21.5 Å². The minimum atomic E-state index is -1.31. The fraction of sp³-hybridized carbons (Fsp3) is 0.389. The number of aliphatic hydroxyl groups excluding tert-OH is 1. The second kappa shape index (κ2) is 18.3. The number of hydrogen-bond acceptors (Lipinski definition) is 13. The van der Waals surface area contributed by atoms with E-state index in [9.17, 15) is 33.9 Å². The molecule has 15 heteroatoms. The van der Waals surface area contributed by atoms with E-state index in [2.05, 4.69) is 25.7 Å². The molecule has 0 amide bonds. The Morgan fingerprint density at radius 1 is 0.812 bits per heavy atom. The standard InChI is InChI=1S/C54H56N6O9/c1-9-12-13-14-18-59-50(63)33-21-35-36(22-34(33)51(59)64)53(66)60(52(35)65)19-15-20-69-54(67)46-45-47-32(16-17-43(61)68-8)28(6)39(57-47)23-37-26(4)30(10-2)41(55-37)24-38-27(5)31(11-3)42(56-38)25-40-29(7)44(49(46)62)48(45)58-40/h10,21-25,28,32,46,57,62H,2,9,11-20H2,1,3-8H3/t28-,32-,46-/m0/s1. The van der Waals surface area contributed by atoms with Crippen LogP contribution >= 0.6 is 0 Å². The first kappa shape index (κ1) is 46.8. The molecule has 5 aliphatic heterocycles. The van der Waals surface area contributed by atoms with Crippen molar-refractivity contribution < 1.29 is 24.2 Å². The number of nitrogens with one attached hydrogen (secondary N) is 1. The first-order valence-electron chi connectivity index (χ1n) is 23.9. The average molecular weight is 933 g/mol. The number of esters is 2. The van der Waals surface area contributed by atoms with E-state index in [0.29, 0.717) is 58.8 Å². The van der Waals surface area contributed by atoms with E-state index in [1.165, 1.54) is 23.8 Å². The maximum atomic E-state index is 14.5. The second-order valence-corrected chi connectivity index (χ2v) is 18.5. The van der Waals surface area contributed by atoms with Crippen molar-refractivity contribution in [1.82, 2.24) is 14.5 Å². The Morgan fingerprint density at radius 3 is 2.04 bits per heavy atom. The van der Waals surface area contributed by atoms with E-state index >= 15 is 0 Å². The van der Waals surface area contributed by atoms with Gasteiger partial charge in [0, 0.05) is 59.5 Å². The molecule has 6 aliphatic rings. The molecule has 1 aromatic carbocycles. The summed E-state index contributed by atoms with van der Waals surface area (Å²) in [6, 6.07) is 2.69. The number of fused-ring (bicyclic) bond motifs is 7. The van der Waals surface area contributed by atoms with Gasteiger partial charge in [0.25, 0.3) is 22.2 Å². The molecular weight excluding hydrogens is 877 g/mol. The summed E-state index contributed by atoms with van der Waals surface area (Å²) in [5, 5.41) is 16.2.